The van der Waals surface area contributed by atoms with Gasteiger partial charge in [0.1, 0.15) is 0 Å². The second kappa shape index (κ2) is 14.9. The maximum Gasteiger partial charge on any atom is 0.238 e. The lowest BCUT2D eigenvalue weighted by atomic mass is 10.1. The Morgan fingerprint density at radius 1 is 0.794 bits per heavy atom. The lowest BCUT2D eigenvalue weighted by molar-refractivity contribution is -0.133. The van der Waals surface area contributed by atoms with E-state index in [4.69, 9.17) is 5.14 Å². The molecule has 0 bridgehead atoms. The molecule has 6 nitrogen and oxygen atoms in total. The number of hydrogen-bond donors (Lipinski definition) is 1. The molecule has 0 atom stereocenters. The summed E-state index contributed by atoms with van der Waals surface area (Å²) in [6, 6.07) is 16.6. The van der Waals surface area contributed by atoms with Crippen molar-refractivity contribution in [2.75, 3.05) is 26.2 Å². The Kier molecular flexibility index (Phi) is 12.3. The summed E-state index contributed by atoms with van der Waals surface area (Å²) in [4.78, 5) is 17.8. The second-order valence-electron chi connectivity index (χ2n) is 8.93. The fraction of sp³-hybridized carbons (Fsp3) is 0.519. The molecule has 0 saturated heterocycles. The lowest BCUT2D eigenvalue weighted by Gasteiger charge is -2.28. The average Bonchev–Trinajstić information content (AvgIpc) is 2.82. The maximum atomic E-state index is 13.4. The Labute approximate surface area is 206 Å². The van der Waals surface area contributed by atoms with Crippen LogP contribution >= 0.6 is 0 Å². The second-order valence-corrected chi connectivity index (χ2v) is 10.5. The van der Waals surface area contributed by atoms with Crippen LogP contribution in [0.1, 0.15) is 63.5 Å². The highest BCUT2D eigenvalue weighted by Crippen LogP contribution is 2.12. The van der Waals surface area contributed by atoms with Crippen molar-refractivity contribution in [2.24, 2.45) is 5.14 Å². The molecule has 2 aromatic rings. The van der Waals surface area contributed by atoms with E-state index in [2.05, 4.69) is 18.7 Å². The Bertz CT molecular complexity index is 937. The van der Waals surface area contributed by atoms with Gasteiger partial charge in [-0.05, 0) is 55.6 Å². The van der Waals surface area contributed by atoms with Crippen molar-refractivity contribution in [3.05, 3.63) is 65.7 Å². The molecule has 188 valence electrons. The molecule has 1 amide bonds. The van der Waals surface area contributed by atoms with E-state index in [0.717, 1.165) is 37.1 Å². The monoisotopic (exact) mass is 487 g/mol. The van der Waals surface area contributed by atoms with Gasteiger partial charge in [0.05, 0.1) is 11.4 Å². The van der Waals surface area contributed by atoms with Crippen LogP contribution in [0.2, 0.25) is 0 Å². The van der Waals surface area contributed by atoms with Crippen LogP contribution in [0.25, 0.3) is 0 Å². The van der Waals surface area contributed by atoms with Gasteiger partial charge in [-0.2, -0.15) is 0 Å². The van der Waals surface area contributed by atoms with Crippen molar-refractivity contribution in [3.8, 4) is 0 Å². The first-order chi connectivity index (χ1) is 16.3. The van der Waals surface area contributed by atoms with Crippen molar-refractivity contribution in [1.29, 1.82) is 0 Å². The molecular weight excluding hydrogens is 446 g/mol. The number of benzene rings is 2. The van der Waals surface area contributed by atoms with Crippen LogP contribution in [0.15, 0.2) is 59.5 Å². The number of carbonyl (C=O) groups excluding carboxylic acids is 1. The van der Waals surface area contributed by atoms with E-state index in [9.17, 15) is 13.2 Å². The number of rotatable bonds is 16. The minimum absolute atomic E-state index is 0.100. The molecule has 0 spiro atoms. The van der Waals surface area contributed by atoms with Crippen LogP contribution in [-0.2, 0) is 27.8 Å². The SMILES string of the molecule is CCCCCN(CCCCC)CC(=O)N(CCc1ccc(S(N)(=O)=O)cc1)Cc1ccccc1. The van der Waals surface area contributed by atoms with E-state index in [0.29, 0.717) is 26.1 Å². The highest BCUT2D eigenvalue weighted by Gasteiger charge is 2.18. The molecule has 0 fully saturated rings. The van der Waals surface area contributed by atoms with E-state index in [1.54, 1.807) is 12.1 Å². The zero-order valence-corrected chi connectivity index (χ0v) is 21.6. The normalized spacial score (nSPS) is 11.6. The van der Waals surface area contributed by atoms with Crippen LogP contribution in [0.5, 0.6) is 0 Å². The quantitative estimate of drug-likeness (QED) is 0.351. The Balaban J connectivity index is 2.08. The third kappa shape index (κ3) is 10.4. The van der Waals surface area contributed by atoms with Crippen molar-refractivity contribution >= 4 is 15.9 Å². The number of amides is 1. The summed E-state index contributed by atoms with van der Waals surface area (Å²) >= 11 is 0. The van der Waals surface area contributed by atoms with Gasteiger partial charge in [-0.15, -0.1) is 0 Å². The molecular formula is C27H41N3O3S. The van der Waals surface area contributed by atoms with E-state index >= 15 is 0 Å². The molecule has 7 heteroatoms. The molecule has 2 aromatic carbocycles. The molecule has 0 heterocycles. The van der Waals surface area contributed by atoms with E-state index < -0.39 is 10.0 Å². The van der Waals surface area contributed by atoms with Gasteiger partial charge in [-0.3, -0.25) is 9.69 Å². The van der Waals surface area contributed by atoms with Crippen LogP contribution in [-0.4, -0.2) is 50.3 Å². The summed E-state index contributed by atoms with van der Waals surface area (Å²) < 4.78 is 23.0. The molecule has 2 N–H and O–H groups in total. The smallest absolute Gasteiger partial charge is 0.238 e. The molecule has 0 saturated carbocycles. The van der Waals surface area contributed by atoms with Crippen molar-refractivity contribution < 1.29 is 13.2 Å². The van der Waals surface area contributed by atoms with Gasteiger partial charge in [0.2, 0.25) is 15.9 Å². The highest BCUT2D eigenvalue weighted by molar-refractivity contribution is 7.89. The minimum Gasteiger partial charge on any atom is -0.337 e. The summed E-state index contributed by atoms with van der Waals surface area (Å²) in [7, 11) is -3.71. The van der Waals surface area contributed by atoms with E-state index in [1.165, 1.54) is 37.8 Å². The molecule has 2 rings (SSSR count). The standard InChI is InChI=1S/C27H41N3O3S/c1-3-5-10-19-29(20-11-6-4-2)23-27(31)30(22-25-12-8-7-9-13-25)21-18-24-14-16-26(17-15-24)34(28,32)33/h7-9,12-17H,3-6,10-11,18-23H2,1-2H3,(H2,28,32,33). The van der Waals surface area contributed by atoms with Gasteiger partial charge >= 0.3 is 0 Å². The zero-order valence-electron chi connectivity index (χ0n) is 20.8. The van der Waals surface area contributed by atoms with Crippen LogP contribution in [0.3, 0.4) is 0 Å². The number of hydrogen-bond acceptors (Lipinski definition) is 4. The summed E-state index contributed by atoms with van der Waals surface area (Å²) in [5.74, 6) is 0.137. The summed E-state index contributed by atoms with van der Waals surface area (Å²) in [6.45, 7) is 7.87. The number of nitrogens with two attached hydrogens (primary N) is 1. The number of sulfonamides is 1. The van der Waals surface area contributed by atoms with Crippen LogP contribution < -0.4 is 5.14 Å². The molecule has 34 heavy (non-hydrogen) atoms. The number of nitrogens with zero attached hydrogens (tertiary/aromatic N) is 2. The Morgan fingerprint density at radius 2 is 1.38 bits per heavy atom. The van der Waals surface area contributed by atoms with E-state index in [-0.39, 0.29) is 10.8 Å². The predicted octanol–water partition coefficient (Wildman–Crippen LogP) is 4.59. The topological polar surface area (TPSA) is 83.7 Å². The van der Waals surface area contributed by atoms with E-state index in [1.807, 2.05) is 35.2 Å². The number of carbonyl (C=O) groups is 1. The summed E-state index contributed by atoms with van der Waals surface area (Å²) in [5, 5.41) is 5.20. The molecule has 0 aromatic heterocycles. The number of unbranched alkanes of at least 4 members (excludes halogenated alkanes) is 4. The maximum absolute atomic E-state index is 13.4. The number of primary sulfonamides is 1. The largest absolute Gasteiger partial charge is 0.337 e. The van der Waals surface area contributed by atoms with Gasteiger partial charge in [-0.1, -0.05) is 82.0 Å². The van der Waals surface area contributed by atoms with Gasteiger partial charge in [-0.25, -0.2) is 13.6 Å². The molecule has 0 aliphatic heterocycles. The fourth-order valence-corrected chi connectivity index (χ4v) is 4.45. The van der Waals surface area contributed by atoms with Crippen LogP contribution in [0, 0.1) is 0 Å². The highest BCUT2D eigenvalue weighted by atomic mass is 32.2. The first-order valence-corrected chi connectivity index (χ1v) is 14.0. The van der Waals surface area contributed by atoms with Crippen molar-refractivity contribution in [3.63, 3.8) is 0 Å². The van der Waals surface area contributed by atoms with Gasteiger partial charge in [0, 0.05) is 13.1 Å². The zero-order chi connectivity index (χ0) is 24.8. The summed E-state index contributed by atoms with van der Waals surface area (Å²) in [5.41, 5.74) is 2.07. The summed E-state index contributed by atoms with van der Waals surface area (Å²) in [6.07, 6.45) is 7.58. The van der Waals surface area contributed by atoms with Gasteiger partial charge in [0.25, 0.3) is 0 Å². The van der Waals surface area contributed by atoms with Crippen molar-refractivity contribution in [1.82, 2.24) is 9.80 Å². The third-order valence-electron chi connectivity index (χ3n) is 6.01. The fourth-order valence-electron chi connectivity index (χ4n) is 3.94. The van der Waals surface area contributed by atoms with Crippen LogP contribution in [0.4, 0.5) is 0 Å². The van der Waals surface area contributed by atoms with Crippen molar-refractivity contribution in [2.45, 2.75) is 70.2 Å². The Morgan fingerprint density at radius 3 is 1.91 bits per heavy atom. The first-order valence-electron chi connectivity index (χ1n) is 12.5. The first kappa shape index (κ1) is 28.0. The average molecular weight is 488 g/mol. The third-order valence-corrected chi connectivity index (χ3v) is 6.94. The lowest BCUT2D eigenvalue weighted by Crippen LogP contribution is -2.41. The molecule has 0 unspecified atom stereocenters. The Hall–Kier alpha value is -2.22. The molecule has 0 aliphatic rings. The molecule has 0 radical (unpaired) electrons. The minimum atomic E-state index is -3.71. The van der Waals surface area contributed by atoms with Gasteiger partial charge < -0.3 is 4.90 Å². The van der Waals surface area contributed by atoms with Gasteiger partial charge in [0.15, 0.2) is 0 Å². The predicted molar refractivity (Wildman–Crippen MR) is 139 cm³/mol. The molecule has 0 aliphatic carbocycles.